The summed E-state index contributed by atoms with van der Waals surface area (Å²) in [5.41, 5.74) is -0.618. The lowest BCUT2D eigenvalue weighted by atomic mass is 9.93. The molecule has 110 valence electrons. The number of hydrogen-bond acceptors (Lipinski definition) is 3. The van der Waals surface area contributed by atoms with E-state index in [1.807, 2.05) is 0 Å². The average molecular weight is 285 g/mol. The number of aromatic nitrogens is 1. The zero-order chi connectivity index (χ0) is 14.3. The van der Waals surface area contributed by atoms with Gasteiger partial charge in [0.1, 0.15) is 5.82 Å². The Balaban J connectivity index is 1.89. The van der Waals surface area contributed by atoms with E-state index in [9.17, 15) is 13.2 Å². The van der Waals surface area contributed by atoms with E-state index in [0.717, 1.165) is 32.1 Å². The van der Waals surface area contributed by atoms with Gasteiger partial charge in [-0.1, -0.05) is 6.92 Å². The number of nitrogens with one attached hydrogen (secondary N) is 1. The molecule has 3 rings (SSSR count). The summed E-state index contributed by atoms with van der Waals surface area (Å²) in [5.74, 6) is 1.51. The summed E-state index contributed by atoms with van der Waals surface area (Å²) >= 11 is 0. The quantitative estimate of drug-likeness (QED) is 0.905. The standard InChI is InChI=1S/C14H18F3N3/c1-2-12-11-7-18-6-9(11)8-20(12)13-5-10(3-4-19-13)14(15,16)17/h3-5,9,11-12,18H,2,6-8H2,1H3. The van der Waals surface area contributed by atoms with Crippen molar-refractivity contribution in [1.82, 2.24) is 10.3 Å². The lowest BCUT2D eigenvalue weighted by molar-refractivity contribution is -0.137. The highest BCUT2D eigenvalue weighted by Gasteiger charge is 2.44. The first-order chi connectivity index (χ1) is 9.50. The average Bonchev–Trinajstić information content (AvgIpc) is 2.97. The summed E-state index contributed by atoms with van der Waals surface area (Å²) in [6, 6.07) is 2.49. The minimum atomic E-state index is -4.31. The molecule has 3 nitrogen and oxygen atoms in total. The van der Waals surface area contributed by atoms with Gasteiger partial charge in [0.15, 0.2) is 0 Å². The van der Waals surface area contributed by atoms with E-state index in [2.05, 4.69) is 22.1 Å². The first kappa shape index (κ1) is 13.7. The van der Waals surface area contributed by atoms with Crippen LogP contribution in [0.1, 0.15) is 18.9 Å². The normalized spacial score (nSPS) is 29.8. The molecule has 0 bridgehead atoms. The van der Waals surface area contributed by atoms with Crippen LogP contribution in [0.5, 0.6) is 0 Å². The molecule has 2 aliphatic rings. The maximum atomic E-state index is 12.8. The molecule has 0 amide bonds. The maximum absolute atomic E-state index is 12.8. The SMILES string of the molecule is CCC1C2CNCC2CN1c1cc(C(F)(F)F)ccn1. The van der Waals surface area contributed by atoms with Gasteiger partial charge in [-0.05, 0) is 30.4 Å². The molecule has 3 heterocycles. The monoisotopic (exact) mass is 285 g/mol. The predicted molar refractivity (Wildman–Crippen MR) is 70.5 cm³/mol. The van der Waals surface area contributed by atoms with E-state index in [4.69, 9.17) is 0 Å². The fourth-order valence-corrected chi connectivity index (χ4v) is 3.56. The lowest BCUT2D eigenvalue weighted by Gasteiger charge is -2.28. The van der Waals surface area contributed by atoms with Gasteiger partial charge in [-0.25, -0.2) is 4.98 Å². The van der Waals surface area contributed by atoms with Crippen molar-refractivity contribution in [3.8, 4) is 0 Å². The highest BCUT2D eigenvalue weighted by Crippen LogP contribution is 2.38. The Morgan fingerprint density at radius 2 is 2.20 bits per heavy atom. The van der Waals surface area contributed by atoms with Crippen molar-refractivity contribution in [3.05, 3.63) is 23.9 Å². The molecule has 2 saturated heterocycles. The number of anilines is 1. The molecule has 0 aromatic carbocycles. The van der Waals surface area contributed by atoms with E-state index in [1.165, 1.54) is 12.3 Å². The Labute approximate surface area is 116 Å². The Bertz CT molecular complexity index is 489. The van der Waals surface area contributed by atoms with Crippen LogP contribution in [0.25, 0.3) is 0 Å². The van der Waals surface area contributed by atoms with Gasteiger partial charge in [0.05, 0.1) is 5.56 Å². The van der Waals surface area contributed by atoms with Crippen molar-refractivity contribution in [2.75, 3.05) is 24.5 Å². The number of fused-ring (bicyclic) bond motifs is 1. The van der Waals surface area contributed by atoms with Crippen LogP contribution >= 0.6 is 0 Å². The topological polar surface area (TPSA) is 28.2 Å². The van der Waals surface area contributed by atoms with Gasteiger partial charge < -0.3 is 10.2 Å². The highest BCUT2D eigenvalue weighted by atomic mass is 19.4. The summed E-state index contributed by atoms with van der Waals surface area (Å²) < 4.78 is 38.4. The first-order valence-corrected chi connectivity index (χ1v) is 7.01. The van der Waals surface area contributed by atoms with Gasteiger partial charge in [0.25, 0.3) is 0 Å². The Kier molecular flexibility index (Phi) is 3.36. The Morgan fingerprint density at radius 3 is 2.90 bits per heavy atom. The van der Waals surface area contributed by atoms with Gasteiger partial charge in [-0.2, -0.15) is 13.2 Å². The van der Waals surface area contributed by atoms with Crippen molar-refractivity contribution < 1.29 is 13.2 Å². The summed E-state index contributed by atoms with van der Waals surface area (Å²) in [7, 11) is 0. The minimum Gasteiger partial charge on any atom is -0.353 e. The van der Waals surface area contributed by atoms with Crippen LogP contribution in [0, 0.1) is 11.8 Å². The summed E-state index contributed by atoms with van der Waals surface area (Å²) in [4.78, 5) is 6.23. The third kappa shape index (κ3) is 2.26. The van der Waals surface area contributed by atoms with Crippen LogP contribution in [0.2, 0.25) is 0 Å². The summed E-state index contributed by atoms with van der Waals surface area (Å²) in [6.45, 7) is 4.80. The molecular weight excluding hydrogens is 267 g/mol. The van der Waals surface area contributed by atoms with Crippen molar-refractivity contribution >= 4 is 5.82 Å². The van der Waals surface area contributed by atoms with E-state index in [0.29, 0.717) is 17.7 Å². The molecule has 3 unspecified atom stereocenters. The number of pyridine rings is 1. The molecule has 1 N–H and O–H groups in total. The van der Waals surface area contributed by atoms with E-state index < -0.39 is 11.7 Å². The maximum Gasteiger partial charge on any atom is 0.416 e. The fraction of sp³-hybridized carbons (Fsp3) is 0.643. The van der Waals surface area contributed by atoms with Gasteiger partial charge in [0, 0.05) is 31.9 Å². The Morgan fingerprint density at radius 1 is 1.40 bits per heavy atom. The number of alkyl halides is 3. The molecule has 0 aliphatic carbocycles. The van der Waals surface area contributed by atoms with Crippen LogP contribution in [-0.4, -0.2) is 30.7 Å². The second-order valence-electron chi connectivity index (χ2n) is 5.61. The van der Waals surface area contributed by atoms with Crippen molar-refractivity contribution in [1.29, 1.82) is 0 Å². The number of halogens is 3. The summed E-state index contributed by atoms with van der Waals surface area (Å²) in [6.07, 6.45) is -2.12. The largest absolute Gasteiger partial charge is 0.416 e. The summed E-state index contributed by atoms with van der Waals surface area (Å²) in [5, 5.41) is 3.37. The van der Waals surface area contributed by atoms with Gasteiger partial charge >= 0.3 is 6.18 Å². The molecule has 0 spiro atoms. The molecule has 20 heavy (non-hydrogen) atoms. The van der Waals surface area contributed by atoms with Crippen LogP contribution in [0.15, 0.2) is 18.3 Å². The third-order valence-corrected chi connectivity index (χ3v) is 4.50. The number of hydrogen-bond donors (Lipinski definition) is 1. The molecular formula is C14H18F3N3. The van der Waals surface area contributed by atoms with Crippen LogP contribution < -0.4 is 10.2 Å². The minimum absolute atomic E-state index is 0.283. The zero-order valence-corrected chi connectivity index (χ0v) is 11.3. The molecule has 6 heteroatoms. The number of nitrogens with zero attached hydrogens (tertiary/aromatic N) is 2. The lowest BCUT2D eigenvalue weighted by Crippen LogP contribution is -2.35. The molecule has 2 aliphatic heterocycles. The van der Waals surface area contributed by atoms with Crippen molar-refractivity contribution in [2.45, 2.75) is 25.6 Å². The molecule has 3 atom stereocenters. The number of rotatable bonds is 2. The van der Waals surface area contributed by atoms with E-state index in [1.54, 1.807) is 0 Å². The smallest absolute Gasteiger partial charge is 0.353 e. The first-order valence-electron chi connectivity index (χ1n) is 7.01. The molecule has 1 aromatic heterocycles. The van der Waals surface area contributed by atoms with Gasteiger partial charge in [-0.3, -0.25) is 0 Å². The van der Waals surface area contributed by atoms with Gasteiger partial charge in [0.2, 0.25) is 0 Å². The third-order valence-electron chi connectivity index (χ3n) is 4.50. The molecule has 0 saturated carbocycles. The van der Waals surface area contributed by atoms with E-state index in [-0.39, 0.29) is 6.04 Å². The van der Waals surface area contributed by atoms with Crippen LogP contribution in [-0.2, 0) is 6.18 Å². The molecule has 0 radical (unpaired) electrons. The second-order valence-corrected chi connectivity index (χ2v) is 5.61. The van der Waals surface area contributed by atoms with E-state index >= 15 is 0 Å². The van der Waals surface area contributed by atoms with Crippen LogP contribution in [0.3, 0.4) is 0 Å². The zero-order valence-electron chi connectivity index (χ0n) is 11.3. The predicted octanol–water partition coefficient (Wildman–Crippen LogP) is 2.53. The fourth-order valence-electron chi connectivity index (χ4n) is 3.56. The Hall–Kier alpha value is -1.30. The van der Waals surface area contributed by atoms with Crippen molar-refractivity contribution in [3.63, 3.8) is 0 Å². The molecule has 1 aromatic rings. The second kappa shape index (κ2) is 4.91. The van der Waals surface area contributed by atoms with Crippen molar-refractivity contribution in [2.24, 2.45) is 11.8 Å². The molecule has 2 fully saturated rings. The highest BCUT2D eigenvalue weighted by molar-refractivity contribution is 5.45. The van der Waals surface area contributed by atoms with Crippen LogP contribution in [0.4, 0.5) is 19.0 Å². The van der Waals surface area contributed by atoms with Gasteiger partial charge in [-0.15, -0.1) is 0 Å².